The van der Waals surface area contributed by atoms with Crippen molar-refractivity contribution in [2.75, 3.05) is 17.3 Å². The van der Waals surface area contributed by atoms with E-state index in [1.807, 2.05) is 0 Å². The molecule has 0 unspecified atom stereocenters. The van der Waals surface area contributed by atoms with Crippen LogP contribution in [0.4, 0.5) is 0 Å². The molecule has 0 rings (SSSR count). The van der Waals surface area contributed by atoms with E-state index in [2.05, 4.69) is 0 Å². The Kier molecular flexibility index (Phi) is 4.94. The highest BCUT2D eigenvalue weighted by atomic mass is 32.2. The highest BCUT2D eigenvalue weighted by Crippen LogP contribution is 2.24. The number of sulfone groups is 1. The molecule has 1 N–H and O–H groups in total. The van der Waals surface area contributed by atoms with E-state index in [1.165, 1.54) is 0 Å². The maximum atomic E-state index is 11.1. The lowest BCUT2D eigenvalue weighted by molar-refractivity contribution is -0.138. The van der Waals surface area contributed by atoms with Crippen molar-refractivity contribution in [1.82, 2.24) is 0 Å². The molecule has 0 heterocycles. The number of hydrogen-bond acceptors (Lipinski definition) is 4. The van der Waals surface area contributed by atoms with E-state index in [9.17, 15) is 13.2 Å². The predicted molar refractivity (Wildman–Crippen MR) is 58.5 cm³/mol. The first-order valence-corrected chi connectivity index (χ1v) is 7.10. The van der Waals surface area contributed by atoms with Crippen LogP contribution in [0.5, 0.6) is 0 Å². The molecule has 0 aliphatic heterocycles. The smallest absolute Gasteiger partial charge is 0.319 e. The van der Waals surface area contributed by atoms with Gasteiger partial charge in [-0.15, -0.1) is 11.8 Å². The Morgan fingerprint density at radius 2 is 1.93 bits per heavy atom. The lowest BCUT2D eigenvalue weighted by Gasteiger charge is -2.17. The summed E-state index contributed by atoms with van der Waals surface area (Å²) in [5.41, 5.74) is 0. The van der Waals surface area contributed by atoms with Gasteiger partial charge in [0.05, 0.1) is 5.75 Å². The fourth-order valence-electron chi connectivity index (χ4n) is 0.630. The summed E-state index contributed by atoms with van der Waals surface area (Å²) < 4.78 is 21.3. The fourth-order valence-corrected chi connectivity index (χ4v) is 2.90. The first-order valence-electron chi connectivity index (χ1n) is 4.29. The van der Waals surface area contributed by atoms with Crippen LogP contribution in [-0.4, -0.2) is 41.5 Å². The SMILES string of the molecule is CCS(=O)(=O)CCSC(C)(C)C(=O)O. The first kappa shape index (κ1) is 13.8. The zero-order valence-electron chi connectivity index (χ0n) is 8.61. The third-order valence-corrected chi connectivity index (χ3v) is 5.08. The molecule has 0 aliphatic carbocycles. The molecule has 14 heavy (non-hydrogen) atoms. The van der Waals surface area contributed by atoms with Gasteiger partial charge in [-0.25, -0.2) is 8.42 Å². The maximum Gasteiger partial charge on any atom is 0.319 e. The molecule has 0 saturated heterocycles. The van der Waals surface area contributed by atoms with E-state index < -0.39 is 20.6 Å². The normalized spacial score (nSPS) is 12.8. The topological polar surface area (TPSA) is 71.4 Å². The third kappa shape index (κ3) is 4.85. The number of carboxylic acids is 1. The van der Waals surface area contributed by atoms with Crippen LogP contribution < -0.4 is 0 Å². The van der Waals surface area contributed by atoms with E-state index in [1.54, 1.807) is 20.8 Å². The highest BCUT2D eigenvalue weighted by Gasteiger charge is 2.27. The predicted octanol–water partition coefficient (Wildman–Crippen LogP) is 1.02. The Hall–Kier alpha value is -0.230. The molecule has 0 saturated carbocycles. The summed E-state index contributed by atoms with van der Waals surface area (Å²) in [6.45, 7) is 4.72. The van der Waals surface area contributed by atoms with Gasteiger partial charge < -0.3 is 5.11 Å². The number of carbonyl (C=O) groups is 1. The van der Waals surface area contributed by atoms with Crippen LogP contribution in [-0.2, 0) is 14.6 Å². The quantitative estimate of drug-likeness (QED) is 0.750. The van der Waals surface area contributed by atoms with Gasteiger partial charge in [-0.2, -0.15) is 0 Å². The fraction of sp³-hybridized carbons (Fsp3) is 0.875. The Balaban J connectivity index is 4.04. The number of rotatable bonds is 6. The van der Waals surface area contributed by atoms with Crippen LogP contribution >= 0.6 is 11.8 Å². The average Bonchev–Trinajstić information content (AvgIpc) is 2.03. The van der Waals surface area contributed by atoms with E-state index in [-0.39, 0.29) is 11.5 Å². The second kappa shape index (κ2) is 5.02. The Bertz CT molecular complexity index is 292. The molecule has 0 radical (unpaired) electrons. The largest absolute Gasteiger partial charge is 0.480 e. The number of aliphatic carboxylic acids is 1. The Morgan fingerprint density at radius 3 is 2.29 bits per heavy atom. The van der Waals surface area contributed by atoms with Crippen LogP contribution in [0.15, 0.2) is 0 Å². The van der Waals surface area contributed by atoms with Crippen molar-refractivity contribution in [1.29, 1.82) is 0 Å². The molecule has 84 valence electrons. The van der Waals surface area contributed by atoms with Crippen molar-refractivity contribution in [3.63, 3.8) is 0 Å². The molecule has 0 amide bonds. The van der Waals surface area contributed by atoms with Gasteiger partial charge in [0.2, 0.25) is 0 Å². The molecule has 0 aromatic carbocycles. The van der Waals surface area contributed by atoms with Gasteiger partial charge in [0.1, 0.15) is 4.75 Å². The van der Waals surface area contributed by atoms with Crippen LogP contribution in [0, 0.1) is 0 Å². The number of thioether (sulfide) groups is 1. The Morgan fingerprint density at radius 1 is 1.43 bits per heavy atom. The molecule has 0 fully saturated rings. The summed E-state index contributed by atoms with van der Waals surface area (Å²) in [4.78, 5) is 10.7. The summed E-state index contributed by atoms with van der Waals surface area (Å²) in [6.07, 6.45) is 0. The lowest BCUT2D eigenvalue weighted by atomic mass is 10.2. The maximum absolute atomic E-state index is 11.1. The van der Waals surface area contributed by atoms with Gasteiger partial charge in [-0.3, -0.25) is 4.79 Å². The molecule has 0 bridgehead atoms. The monoisotopic (exact) mass is 240 g/mol. The van der Waals surface area contributed by atoms with Crippen molar-refractivity contribution in [2.45, 2.75) is 25.5 Å². The minimum Gasteiger partial charge on any atom is -0.480 e. The van der Waals surface area contributed by atoms with Gasteiger partial charge >= 0.3 is 5.97 Å². The molecule has 4 nitrogen and oxygen atoms in total. The summed E-state index contributed by atoms with van der Waals surface area (Å²) >= 11 is 1.15. The van der Waals surface area contributed by atoms with E-state index >= 15 is 0 Å². The van der Waals surface area contributed by atoms with Crippen LogP contribution in [0.2, 0.25) is 0 Å². The zero-order chi connectivity index (χ0) is 11.4. The molecule has 0 spiro atoms. The van der Waals surface area contributed by atoms with E-state index in [4.69, 9.17) is 5.11 Å². The van der Waals surface area contributed by atoms with Crippen molar-refractivity contribution in [3.05, 3.63) is 0 Å². The summed E-state index contributed by atoms with van der Waals surface area (Å²) in [6, 6.07) is 0. The van der Waals surface area contributed by atoms with Gasteiger partial charge in [0, 0.05) is 11.5 Å². The Labute approximate surface area is 89.0 Å². The zero-order valence-corrected chi connectivity index (χ0v) is 10.2. The molecular weight excluding hydrogens is 224 g/mol. The minimum absolute atomic E-state index is 0.0465. The second-order valence-electron chi connectivity index (χ2n) is 3.40. The molecule has 6 heteroatoms. The van der Waals surface area contributed by atoms with Gasteiger partial charge in [0.25, 0.3) is 0 Å². The molecule has 0 aromatic rings. The van der Waals surface area contributed by atoms with Crippen LogP contribution in [0.3, 0.4) is 0 Å². The van der Waals surface area contributed by atoms with Crippen LogP contribution in [0.1, 0.15) is 20.8 Å². The summed E-state index contributed by atoms with van der Waals surface area (Å²) in [5.74, 6) is -0.432. The molecule has 0 aliphatic rings. The van der Waals surface area contributed by atoms with Crippen molar-refractivity contribution >= 4 is 27.6 Å². The van der Waals surface area contributed by atoms with Gasteiger partial charge in [-0.05, 0) is 13.8 Å². The van der Waals surface area contributed by atoms with Crippen molar-refractivity contribution in [3.8, 4) is 0 Å². The van der Waals surface area contributed by atoms with Crippen molar-refractivity contribution < 1.29 is 18.3 Å². The number of hydrogen-bond donors (Lipinski definition) is 1. The number of carboxylic acid groups (broad SMARTS) is 1. The van der Waals surface area contributed by atoms with E-state index in [0.29, 0.717) is 5.75 Å². The second-order valence-corrected chi connectivity index (χ2v) is 7.59. The standard InChI is InChI=1S/C8H16O4S2/c1-4-14(11,12)6-5-13-8(2,3)7(9)10/h4-6H2,1-3H3,(H,9,10). The van der Waals surface area contributed by atoms with Crippen molar-refractivity contribution in [2.24, 2.45) is 0 Å². The average molecular weight is 240 g/mol. The molecular formula is C8H16O4S2. The summed E-state index contributed by atoms with van der Waals surface area (Å²) in [7, 11) is -2.98. The third-order valence-electron chi connectivity index (χ3n) is 1.81. The van der Waals surface area contributed by atoms with Gasteiger partial charge in [-0.1, -0.05) is 6.92 Å². The molecule has 0 aromatic heterocycles. The molecule has 0 atom stereocenters. The lowest BCUT2D eigenvalue weighted by Crippen LogP contribution is -2.28. The minimum atomic E-state index is -2.98. The first-order chi connectivity index (χ1) is 6.21. The highest BCUT2D eigenvalue weighted by molar-refractivity contribution is 8.02. The van der Waals surface area contributed by atoms with E-state index in [0.717, 1.165) is 11.8 Å². The van der Waals surface area contributed by atoms with Gasteiger partial charge in [0.15, 0.2) is 9.84 Å². The summed E-state index contributed by atoms with van der Waals surface area (Å²) in [5, 5.41) is 8.76. The van der Waals surface area contributed by atoms with Crippen LogP contribution in [0.25, 0.3) is 0 Å².